The van der Waals surface area contributed by atoms with Crippen molar-refractivity contribution in [2.75, 3.05) is 19.8 Å². The van der Waals surface area contributed by atoms with Crippen LogP contribution in [0.3, 0.4) is 0 Å². The minimum absolute atomic E-state index is 0.0352. The molecule has 1 aliphatic rings. The molecule has 0 saturated heterocycles. The molecule has 1 saturated carbocycles. The fourth-order valence-corrected chi connectivity index (χ4v) is 2.17. The summed E-state index contributed by atoms with van der Waals surface area (Å²) in [6.45, 7) is 1.32. The smallest absolute Gasteiger partial charge is 0.379 e. The first-order chi connectivity index (χ1) is 9.88. The van der Waals surface area contributed by atoms with Crippen LogP contribution in [-0.2, 0) is 10.9 Å². The van der Waals surface area contributed by atoms with Crippen LogP contribution in [0, 0.1) is 5.92 Å². The predicted octanol–water partition coefficient (Wildman–Crippen LogP) is 3.62. The van der Waals surface area contributed by atoms with E-state index in [1.165, 1.54) is 18.9 Å². The molecule has 3 nitrogen and oxygen atoms in total. The van der Waals surface area contributed by atoms with E-state index in [1.54, 1.807) is 0 Å². The first-order valence-corrected chi connectivity index (χ1v) is 7.40. The zero-order valence-electron chi connectivity index (χ0n) is 11.2. The van der Waals surface area contributed by atoms with E-state index in [2.05, 4.69) is 21.2 Å². The van der Waals surface area contributed by atoms with Crippen molar-refractivity contribution in [1.29, 1.82) is 0 Å². The maximum atomic E-state index is 12.6. The largest absolute Gasteiger partial charge is 0.416 e. The first kappa shape index (κ1) is 16.3. The van der Waals surface area contributed by atoms with Crippen LogP contribution in [0.2, 0.25) is 0 Å². The Morgan fingerprint density at radius 2 is 2.10 bits per heavy atom. The molecule has 0 unspecified atom stereocenters. The van der Waals surface area contributed by atoms with E-state index in [9.17, 15) is 18.0 Å². The quantitative estimate of drug-likeness (QED) is 0.781. The van der Waals surface area contributed by atoms with E-state index in [4.69, 9.17) is 4.74 Å². The molecule has 0 spiro atoms. The number of carbonyl (C=O) groups is 1. The summed E-state index contributed by atoms with van der Waals surface area (Å²) in [6.07, 6.45) is -2.10. The first-order valence-electron chi connectivity index (χ1n) is 6.60. The zero-order valence-corrected chi connectivity index (χ0v) is 12.8. The molecule has 0 bridgehead atoms. The summed E-state index contributed by atoms with van der Waals surface area (Å²) in [5.74, 6) is 0.0845. The van der Waals surface area contributed by atoms with Crippen molar-refractivity contribution >= 4 is 21.8 Å². The third kappa shape index (κ3) is 5.00. The average molecular weight is 366 g/mol. The fourth-order valence-electron chi connectivity index (χ4n) is 1.74. The lowest BCUT2D eigenvalue weighted by Crippen LogP contribution is -2.28. The molecule has 1 fully saturated rings. The van der Waals surface area contributed by atoms with Crippen molar-refractivity contribution in [1.82, 2.24) is 5.32 Å². The van der Waals surface area contributed by atoms with E-state index in [-0.39, 0.29) is 12.1 Å². The molecule has 0 atom stereocenters. The molecule has 0 aromatic heterocycles. The highest BCUT2D eigenvalue weighted by Gasteiger charge is 2.31. The number of rotatable bonds is 6. The van der Waals surface area contributed by atoms with Crippen LogP contribution in [-0.4, -0.2) is 25.7 Å². The molecule has 0 radical (unpaired) electrons. The van der Waals surface area contributed by atoms with Gasteiger partial charge in [-0.3, -0.25) is 4.79 Å². The molecule has 0 heterocycles. The van der Waals surface area contributed by atoms with Crippen molar-refractivity contribution in [3.63, 3.8) is 0 Å². The number of ether oxygens (including phenoxy) is 1. The Bertz CT molecular complexity index is 515. The zero-order chi connectivity index (χ0) is 15.5. The molecule has 0 aliphatic heterocycles. The summed E-state index contributed by atoms with van der Waals surface area (Å²) in [6, 6.07) is 2.99. The second-order valence-electron chi connectivity index (χ2n) is 4.97. The van der Waals surface area contributed by atoms with Gasteiger partial charge in [-0.05, 0) is 52.9 Å². The van der Waals surface area contributed by atoms with Crippen LogP contribution in [0.25, 0.3) is 0 Å². The SMILES string of the molecule is O=C(NCCOCC1CC1)c1cc(C(F)(F)F)ccc1Br. The van der Waals surface area contributed by atoms with Gasteiger partial charge in [0, 0.05) is 17.6 Å². The van der Waals surface area contributed by atoms with E-state index in [0.717, 1.165) is 12.1 Å². The predicted molar refractivity (Wildman–Crippen MR) is 75.0 cm³/mol. The minimum Gasteiger partial charge on any atom is -0.379 e. The summed E-state index contributed by atoms with van der Waals surface area (Å²) in [5.41, 5.74) is -0.882. The molecule has 7 heteroatoms. The van der Waals surface area contributed by atoms with Crippen molar-refractivity contribution in [3.05, 3.63) is 33.8 Å². The van der Waals surface area contributed by atoms with Gasteiger partial charge in [-0.1, -0.05) is 0 Å². The number of hydrogen-bond donors (Lipinski definition) is 1. The Labute approximate surface area is 129 Å². The maximum absolute atomic E-state index is 12.6. The second kappa shape index (κ2) is 6.79. The van der Waals surface area contributed by atoms with Crippen LogP contribution in [0.1, 0.15) is 28.8 Å². The lowest BCUT2D eigenvalue weighted by Gasteiger charge is -2.11. The number of nitrogens with one attached hydrogen (secondary N) is 1. The number of halogens is 4. The van der Waals surface area contributed by atoms with Crippen LogP contribution >= 0.6 is 15.9 Å². The topological polar surface area (TPSA) is 38.3 Å². The summed E-state index contributed by atoms with van der Waals surface area (Å²) in [7, 11) is 0. The van der Waals surface area contributed by atoms with Gasteiger partial charge in [-0.15, -0.1) is 0 Å². The Balaban J connectivity index is 1.88. The third-order valence-electron chi connectivity index (χ3n) is 3.12. The minimum atomic E-state index is -4.47. The molecule has 116 valence electrons. The fraction of sp³-hybridized carbons (Fsp3) is 0.500. The second-order valence-corrected chi connectivity index (χ2v) is 5.82. The Morgan fingerprint density at radius 3 is 2.71 bits per heavy atom. The molecule has 1 aromatic rings. The van der Waals surface area contributed by atoms with Gasteiger partial charge >= 0.3 is 6.18 Å². The molecular formula is C14H15BrF3NO2. The number of benzene rings is 1. The van der Waals surface area contributed by atoms with Crippen molar-refractivity contribution in [2.45, 2.75) is 19.0 Å². The Morgan fingerprint density at radius 1 is 1.38 bits per heavy atom. The van der Waals surface area contributed by atoms with E-state index >= 15 is 0 Å². The van der Waals surface area contributed by atoms with Gasteiger partial charge in [0.15, 0.2) is 0 Å². The van der Waals surface area contributed by atoms with Crippen LogP contribution < -0.4 is 5.32 Å². The van der Waals surface area contributed by atoms with Gasteiger partial charge in [0.2, 0.25) is 0 Å². The lowest BCUT2D eigenvalue weighted by atomic mass is 10.1. The van der Waals surface area contributed by atoms with E-state index in [1.807, 2.05) is 0 Å². The molecule has 1 aliphatic carbocycles. The molecule has 1 amide bonds. The Kier molecular flexibility index (Phi) is 5.27. The highest BCUT2D eigenvalue weighted by Crippen LogP contribution is 2.32. The van der Waals surface area contributed by atoms with Gasteiger partial charge in [0.1, 0.15) is 0 Å². The number of hydrogen-bond acceptors (Lipinski definition) is 2. The van der Waals surface area contributed by atoms with Crippen LogP contribution in [0.5, 0.6) is 0 Å². The summed E-state index contributed by atoms with van der Waals surface area (Å²) < 4.78 is 43.6. The van der Waals surface area contributed by atoms with E-state index < -0.39 is 17.6 Å². The monoisotopic (exact) mass is 365 g/mol. The van der Waals surface area contributed by atoms with Gasteiger partial charge in [-0.2, -0.15) is 13.2 Å². The summed E-state index contributed by atoms with van der Waals surface area (Å²) in [5, 5.41) is 2.55. The van der Waals surface area contributed by atoms with Gasteiger partial charge in [0.05, 0.1) is 17.7 Å². The summed E-state index contributed by atoms with van der Waals surface area (Å²) >= 11 is 3.09. The van der Waals surface area contributed by atoms with Crippen molar-refractivity contribution in [3.8, 4) is 0 Å². The highest BCUT2D eigenvalue weighted by molar-refractivity contribution is 9.10. The number of carbonyl (C=O) groups excluding carboxylic acids is 1. The standard InChI is InChI=1S/C14H15BrF3NO2/c15-12-4-3-10(14(16,17)18)7-11(12)13(20)19-5-6-21-8-9-1-2-9/h3-4,7,9H,1-2,5-6,8H2,(H,19,20). The van der Waals surface area contributed by atoms with Crippen LogP contribution in [0.15, 0.2) is 22.7 Å². The molecule has 21 heavy (non-hydrogen) atoms. The Hall–Kier alpha value is -1.08. The molecule has 2 rings (SSSR count). The molecule has 1 N–H and O–H groups in total. The molecular weight excluding hydrogens is 351 g/mol. The maximum Gasteiger partial charge on any atom is 0.416 e. The summed E-state index contributed by atoms with van der Waals surface area (Å²) in [4.78, 5) is 11.9. The van der Waals surface area contributed by atoms with Gasteiger partial charge in [0.25, 0.3) is 5.91 Å². The number of alkyl halides is 3. The van der Waals surface area contributed by atoms with Gasteiger partial charge < -0.3 is 10.1 Å². The average Bonchev–Trinajstić information content (AvgIpc) is 3.21. The molecule has 1 aromatic carbocycles. The van der Waals surface area contributed by atoms with Gasteiger partial charge in [-0.25, -0.2) is 0 Å². The van der Waals surface area contributed by atoms with E-state index in [0.29, 0.717) is 23.6 Å². The third-order valence-corrected chi connectivity index (χ3v) is 3.81. The number of amides is 1. The normalized spacial score (nSPS) is 15.0. The van der Waals surface area contributed by atoms with Crippen LogP contribution in [0.4, 0.5) is 13.2 Å². The lowest BCUT2D eigenvalue weighted by molar-refractivity contribution is -0.137. The van der Waals surface area contributed by atoms with Crippen molar-refractivity contribution in [2.24, 2.45) is 5.92 Å². The van der Waals surface area contributed by atoms with Crippen molar-refractivity contribution < 1.29 is 22.7 Å². The highest BCUT2D eigenvalue weighted by atomic mass is 79.9.